The van der Waals surface area contributed by atoms with E-state index in [1.54, 1.807) is 7.11 Å². The van der Waals surface area contributed by atoms with Crippen molar-refractivity contribution in [3.05, 3.63) is 29.8 Å². The van der Waals surface area contributed by atoms with Crippen LogP contribution in [0.15, 0.2) is 24.3 Å². The van der Waals surface area contributed by atoms with Gasteiger partial charge in [0, 0.05) is 12.3 Å². The standard InChI is InChI=1S/C18H29NO/c1-15(19-14-17-6-4-3-5-7-17)8-9-16-10-12-18(20-2)13-11-16/h10-13,15,17,19H,3-9,14H2,1-2H3/p+1/t15-/m1/s1. The van der Waals surface area contributed by atoms with Crippen LogP contribution >= 0.6 is 0 Å². The Morgan fingerprint density at radius 2 is 1.85 bits per heavy atom. The summed E-state index contributed by atoms with van der Waals surface area (Å²) in [5, 5.41) is 2.57. The molecule has 1 atom stereocenters. The molecule has 0 amide bonds. The first-order valence-corrected chi connectivity index (χ1v) is 8.24. The van der Waals surface area contributed by atoms with Gasteiger partial charge >= 0.3 is 0 Å². The van der Waals surface area contributed by atoms with Crippen molar-refractivity contribution in [2.24, 2.45) is 5.92 Å². The minimum absolute atomic E-state index is 0.735. The molecule has 1 aliphatic rings. The van der Waals surface area contributed by atoms with Gasteiger partial charge in [-0.1, -0.05) is 31.4 Å². The molecule has 2 rings (SSSR count). The molecule has 0 aliphatic heterocycles. The van der Waals surface area contributed by atoms with Crippen LogP contribution in [0.4, 0.5) is 0 Å². The largest absolute Gasteiger partial charge is 0.497 e. The molecule has 1 aliphatic carbocycles. The van der Waals surface area contributed by atoms with Crippen molar-refractivity contribution in [2.75, 3.05) is 13.7 Å². The van der Waals surface area contributed by atoms with E-state index in [4.69, 9.17) is 4.74 Å². The maximum Gasteiger partial charge on any atom is 0.118 e. The maximum atomic E-state index is 5.19. The summed E-state index contributed by atoms with van der Waals surface area (Å²) >= 11 is 0. The lowest BCUT2D eigenvalue weighted by molar-refractivity contribution is -0.692. The number of quaternary nitrogens is 1. The van der Waals surface area contributed by atoms with E-state index < -0.39 is 0 Å². The number of benzene rings is 1. The highest BCUT2D eigenvalue weighted by Crippen LogP contribution is 2.22. The Morgan fingerprint density at radius 1 is 1.15 bits per heavy atom. The van der Waals surface area contributed by atoms with Crippen molar-refractivity contribution in [3.8, 4) is 5.75 Å². The third-order valence-corrected chi connectivity index (χ3v) is 4.64. The second-order valence-corrected chi connectivity index (χ2v) is 6.34. The van der Waals surface area contributed by atoms with Crippen LogP contribution < -0.4 is 10.1 Å². The summed E-state index contributed by atoms with van der Waals surface area (Å²) in [6.45, 7) is 3.70. The minimum atomic E-state index is 0.735. The van der Waals surface area contributed by atoms with E-state index in [1.807, 2.05) is 0 Å². The zero-order chi connectivity index (χ0) is 14.2. The van der Waals surface area contributed by atoms with E-state index in [0.29, 0.717) is 0 Å². The fourth-order valence-corrected chi connectivity index (χ4v) is 3.15. The van der Waals surface area contributed by atoms with E-state index >= 15 is 0 Å². The molecule has 2 N–H and O–H groups in total. The number of hydrogen-bond donors (Lipinski definition) is 1. The molecule has 2 nitrogen and oxygen atoms in total. The van der Waals surface area contributed by atoms with Crippen molar-refractivity contribution in [1.29, 1.82) is 0 Å². The van der Waals surface area contributed by atoms with Gasteiger partial charge < -0.3 is 10.1 Å². The summed E-state index contributed by atoms with van der Waals surface area (Å²) in [4.78, 5) is 0. The molecule has 0 radical (unpaired) electrons. The molecule has 0 spiro atoms. The van der Waals surface area contributed by atoms with Gasteiger partial charge in [0.1, 0.15) is 5.75 Å². The number of methoxy groups -OCH3 is 1. The average Bonchev–Trinajstić information content (AvgIpc) is 2.52. The number of hydrogen-bond acceptors (Lipinski definition) is 1. The molecule has 2 heteroatoms. The molecule has 0 bridgehead atoms. The van der Waals surface area contributed by atoms with Gasteiger partial charge in [-0.2, -0.15) is 0 Å². The van der Waals surface area contributed by atoms with Crippen LogP contribution in [0.25, 0.3) is 0 Å². The van der Waals surface area contributed by atoms with Crippen LogP contribution in [-0.2, 0) is 6.42 Å². The fourth-order valence-electron chi connectivity index (χ4n) is 3.15. The molecule has 0 heterocycles. The predicted molar refractivity (Wildman–Crippen MR) is 84.1 cm³/mol. The first-order chi connectivity index (χ1) is 9.78. The lowest BCUT2D eigenvalue weighted by atomic mass is 9.89. The molecule has 1 aromatic rings. The fraction of sp³-hybridized carbons (Fsp3) is 0.667. The first kappa shape index (κ1) is 15.4. The maximum absolute atomic E-state index is 5.19. The van der Waals surface area contributed by atoms with Crippen molar-refractivity contribution < 1.29 is 10.1 Å². The van der Waals surface area contributed by atoms with Crippen LogP contribution in [0.1, 0.15) is 51.0 Å². The van der Waals surface area contributed by atoms with Gasteiger partial charge in [-0.15, -0.1) is 0 Å². The van der Waals surface area contributed by atoms with Crippen LogP contribution in [0, 0.1) is 5.92 Å². The highest BCUT2D eigenvalue weighted by Gasteiger charge is 2.16. The van der Waals surface area contributed by atoms with E-state index in [1.165, 1.54) is 57.1 Å². The Kier molecular flexibility index (Phi) is 6.38. The van der Waals surface area contributed by atoms with Crippen molar-refractivity contribution in [2.45, 2.75) is 57.9 Å². The Balaban J connectivity index is 1.64. The zero-order valence-electron chi connectivity index (χ0n) is 13.1. The van der Waals surface area contributed by atoms with Crippen LogP contribution in [-0.4, -0.2) is 19.7 Å². The van der Waals surface area contributed by atoms with Crippen molar-refractivity contribution in [1.82, 2.24) is 0 Å². The third kappa shape index (κ3) is 5.16. The molecule has 0 aromatic heterocycles. The first-order valence-electron chi connectivity index (χ1n) is 8.24. The highest BCUT2D eigenvalue weighted by atomic mass is 16.5. The number of ether oxygens (including phenoxy) is 1. The van der Waals surface area contributed by atoms with Gasteiger partial charge in [0.25, 0.3) is 0 Å². The summed E-state index contributed by atoms with van der Waals surface area (Å²) in [6.07, 6.45) is 9.73. The van der Waals surface area contributed by atoms with Gasteiger partial charge in [0.2, 0.25) is 0 Å². The number of aryl methyl sites for hydroxylation is 1. The van der Waals surface area contributed by atoms with E-state index in [9.17, 15) is 0 Å². The van der Waals surface area contributed by atoms with Crippen LogP contribution in [0.3, 0.4) is 0 Å². The van der Waals surface area contributed by atoms with Crippen LogP contribution in [0.2, 0.25) is 0 Å². The summed E-state index contributed by atoms with van der Waals surface area (Å²) in [5.41, 5.74) is 1.42. The predicted octanol–water partition coefficient (Wildman–Crippen LogP) is 3.16. The third-order valence-electron chi connectivity index (χ3n) is 4.64. The Bertz CT molecular complexity index is 368. The van der Waals surface area contributed by atoms with E-state index in [-0.39, 0.29) is 0 Å². The summed E-state index contributed by atoms with van der Waals surface area (Å²) in [5.74, 6) is 1.93. The molecule has 1 aromatic carbocycles. The van der Waals surface area contributed by atoms with Crippen molar-refractivity contribution in [3.63, 3.8) is 0 Å². The molecule has 1 fully saturated rings. The second-order valence-electron chi connectivity index (χ2n) is 6.34. The van der Waals surface area contributed by atoms with Crippen molar-refractivity contribution >= 4 is 0 Å². The van der Waals surface area contributed by atoms with E-state index in [2.05, 4.69) is 36.5 Å². The second kappa shape index (κ2) is 8.31. The summed E-state index contributed by atoms with van der Waals surface area (Å²) < 4.78 is 5.19. The van der Waals surface area contributed by atoms with Gasteiger partial charge in [-0.25, -0.2) is 0 Å². The molecule has 1 saturated carbocycles. The molecule has 0 unspecified atom stereocenters. The molecule has 20 heavy (non-hydrogen) atoms. The molecular formula is C18H30NO+. The quantitative estimate of drug-likeness (QED) is 0.813. The Labute approximate surface area is 123 Å². The summed E-state index contributed by atoms with van der Waals surface area (Å²) in [6, 6.07) is 9.23. The van der Waals surface area contributed by atoms with Gasteiger partial charge in [0.15, 0.2) is 0 Å². The Morgan fingerprint density at radius 3 is 2.50 bits per heavy atom. The van der Waals surface area contributed by atoms with Gasteiger partial charge in [-0.3, -0.25) is 0 Å². The highest BCUT2D eigenvalue weighted by molar-refractivity contribution is 5.27. The smallest absolute Gasteiger partial charge is 0.118 e. The lowest BCUT2D eigenvalue weighted by Crippen LogP contribution is -2.90. The van der Waals surface area contributed by atoms with Gasteiger partial charge in [-0.05, 0) is 43.9 Å². The summed E-state index contributed by atoms with van der Waals surface area (Å²) in [7, 11) is 1.72. The molecular weight excluding hydrogens is 246 g/mol. The zero-order valence-corrected chi connectivity index (χ0v) is 13.1. The molecule has 0 saturated heterocycles. The molecule has 112 valence electrons. The number of nitrogens with two attached hydrogens (primary N) is 1. The minimum Gasteiger partial charge on any atom is -0.497 e. The van der Waals surface area contributed by atoms with E-state index in [0.717, 1.165) is 17.7 Å². The Hall–Kier alpha value is -1.02. The average molecular weight is 276 g/mol. The number of rotatable bonds is 7. The SMILES string of the molecule is COc1ccc(CC[C@@H](C)[NH2+]CC2CCCCC2)cc1. The lowest BCUT2D eigenvalue weighted by Gasteiger charge is -2.21. The normalized spacial score (nSPS) is 17.9. The monoisotopic (exact) mass is 276 g/mol. The van der Waals surface area contributed by atoms with Gasteiger partial charge in [0.05, 0.1) is 19.7 Å². The topological polar surface area (TPSA) is 25.8 Å². The van der Waals surface area contributed by atoms with Crippen LogP contribution in [0.5, 0.6) is 5.75 Å².